The van der Waals surface area contributed by atoms with Gasteiger partial charge >= 0.3 is 0 Å². The number of fused-ring (bicyclic) bond motifs is 4. The summed E-state index contributed by atoms with van der Waals surface area (Å²) in [5.41, 5.74) is 8.36. The molecule has 7 heteroatoms. The number of nitrogens with zero attached hydrogens (tertiary/aromatic N) is 3. The molecule has 0 spiro atoms. The maximum Gasteiger partial charge on any atom is 0.227 e. The van der Waals surface area contributed by atoms with E-state index in [0.29, 0.717) is 11.8 Å². The highest BCUT2D eigenvalue weighted by Gasteiger charge is 2.27. The lowest BCUT2D eigenvalue weighted by molar-refractivity contribution is 0.619. The first-order valence-corrected chi connectivity index (χ1v) is 14.0. The van der Waals surface area contributed by atoms with Gasteiger partial charge < -0.3 is 13.7 Å². The Balaban J connectivity index is 1.27. The van der Waals surface area contributed by atoms with Crippen LogP contribution in [0.4, 0.5) is 17.1 Å². The summed E-state index contributed by atoms with van der Waals surface area (Å²) in [6, 6.07) is 36.8. The van der Waals surface area contributed by atoms with Crippen LogP contribution in [0.5, 0.6) is 0 Å². The largest absolute Gasteiger partial charge is 0.436 e. The van der Waals surface area contributed by atoms with Gasteiger partial charge in [0.2, 0.25) is 11.8 Å². The summed E-state index contributed by atoms with van der Waals surface area (Å²) < 4.78 is 13.2. The lowest BCUT2D eigenvalue weighted by Gasteiger charge is -2.33. The van der Waals surface area contributed by atoms with Gasteiger partial charge in [-0.25, -0.2) is 9.97 Å². The van der Waals surface area contributed by atoms with Gasteiger partial charge in [0.25, 0.3) is 0 Å². The van der Waals surface area contributed by atoms with Crippen molar-refractivity contribution in [2.24, 2.45) is 0 Å². The van der Waals surface area contributed by atoms with Crippen LogP contribution in [-0.4, -0.2) is 9.97 Å². The summed E-state index contributed by atoms with van der Waals surface area (Å²) in [5.74, 6) is 1.23. The van der Waals surface area contributed by atoms with Crippen molar-refractivity contribution in [1.82, 2.24) is 9.97 Å². The summed E-state index contributed by atoms with van der Waals surface area (Å²) in [7, 11) is 0. The molecule has 2 aromatic heterocycles. The van der Waals surface area contributed by atoms with Crippen molar-refractivity contribution in [3.8, 4) is 22.9 Å². The Morgan fingerprint density at radius 1 is 0.590 bits per heavy atom. The van der Waals surface area contributed by atoms with Crippen molar-refractivity contribution >= 4 is 67.0 Å². The molecule has 0 radical (unpaired) electrons. The molecule has 0 atom stereocenters. The minimum absolute atomic E-state index is 0.608. The van der Waals surface area contributed by atoms with Gasteiger partial charge in [-0.3, -0.25) is 0 Å². The topological polar surface area (TPSA) is 55.3 Å². The van der Waals surface area contributed by atoms with Crippen LogP contribution in [0.2, 0.25) is 0 Å². The van der Waals surface area contributed by atoms with E-state index in [2.05, 4.69) is 81.5 Å². The lowest BCUT2D eigenvalue weighted by Crippen LogP contribution is -2.15. The predicted molar refractivity (Wildman–Crippen MR) is 159 cm³/mol. The average molecular weight is 588 g/mol. The van der Waals surface area contributed by atoms with Crippen LogP contribution in [0.15, 0.2) is 132 Å². The zero-order chi connectivity index (χ0) is 25.9. The van der Waals surface area contributed by atoms with E-state index in [1.807, 2.05) is 48.5 Å². The molecule has 0 aliphatic carbocycles. The molecule has 1 aliphatic heterocycles. The lowest BCUT2D eigenvalue weighted by atomic mass is 10.1. The van der Waals surface area contributed by atoms with Crippen LogP contribution >= 0.6 is 27.7 Å². The number of benzene rings is 5. The van der Waals surface area contributed by atoms with Gasteiger partial charge in [0.05, 0.1) is 11.4 Å². The highest BCUT2D eigenvalue weighted by Crippen LogP contribution is 2.53. The number of anilines is 3. The van der Waals surface area contributed by atoms with E-state index in [-0.39, 0.29) is 0 Å². The molecule has 0 N–H and O–H groups in total. The van der Waals surface area contributed by atoms with Crippen LogP contribution in [0.1, 0.15) is 0 Å². The molecule has 8 rings (SSSR count). The van der Waals surface area contributed by atoms with Gasteiger partial charge in [-0.1, -0.05) is 52.0 Å². The Morgan fingerprint density at radius 2 is 1.21 bits per heavy atom. The molecule has 0 saturated carbocycles. The molecular formula is C32H18BrN3O2S. The number of hydrogen-bond donors (Lipinski definition) is 0. The summed E-state index contributed by atoms with van der Waals surface area (Å²) in [5, 5.41) is 0. The second-order valence-electron chi connectivity index (χ2n) is 9.25. The Bertz CT molecular complexity index is 1960. The summed E-state index contributed by atoms with van der Waals surface area (Å²) >= 11 is 5.32. The first-order valence-electron chi connectivity index (χ1n) is 12.4. The highest BCUT2D eigenvalue weighted by atomic mass is 79.9. The third-order valence-corrected chi connectivity index (χ3v) is 8.43. The molecule has 5 nitrogen and oxygen atoms in total. The van der Waals surface area contributed by atoms with Gasteiger partial charge in [-0.15, -0.1) is 0 Å². The Labute approximate surface area is 236 Å². The Morgan fingerprint density at radius 3 is 1.87 bits per heavy atom. The number of oxazole rings is 2. The average Bonchev–Trinajstić information content (AvgIpc) is 3.61. The third-order valence-electron chi connectivity index (χ3n) is 6.79. The molecule has 5 aromatic carbocycles. The van der Waals surface area contributed by atoms with Crippen molar-refractivity contribution in [3.63, 3.8) is 0 Å². The highest BCUT2D eigenvalue weighted by molar-refractivity contribution is 9.10. The molecule has 1 aliphatic rings. The summed E-state index contributed by atoms with van der Waals surface area (Å²) in [4.78, 5) is 14.0. The molecule has 0 fully saturated rings. The summed E-state index contributed by atoms with van der Waals surface area (Å²) in [6.07, 6.45) is 0. The molecular weight excluding hydrogens is 570 g/mol. The fraction of sp³-hybridized carbons (Fsp3) is 0. The maximum absolute atomic E-state index is 6.10. The third kappa shape index (κ3) is 3.85. The molecule has 39 heavy (non-hydrogen) atoms. The van der Waals surface area contributed by atoms with Gasteiger partial charge in [0.15, 0.2) is 11.2 Å². The van der Waals surface area contributed by atoms with Crippen LogP contribution in [-0.2, 0) is 0 Å². The number of halogens is 1. The standard InChI is InChI=1S/C32H18BrN3O2S/c33-21-11-13-22(14-12-21)36-25-15-9-20(32-35-24-6-2-4-8-28(24)38-32)18-30(25)39-29-16-10-19(17-26(29)36)31-34-23-5-1-3-7-27(23)37-31/h1-18H. The van der Waals surface area contributed by atoms with E-state index in [0.717, 1.165) is 64.7 Å². The minimum atomic E-state index is 0.608. The summed E-state index contributed by atoms with van der Waals surface area (Å²) in [6.45, 7) is 0. The second kappa shape index (κ2) is 8.86. The zero-order valence-corrected chi connectivity index (χ0v) is 22.7. The molecule has 0 unspecified atom stereocenters. The van der Waals surface area contributed by atoms with Crippen molar-refractivity contribution in [2.45, 2.75) is 9.79 Å². The monoisotopic (exact) mass is 587 g/mol. The molecule has 0 bridgehead atoms. The van der Waals surface area contributed by atoms with Crippen molar-refractivity contribution in [3.05, 3.63) is 114 Å². The molecule has 7 aromatic rings. The first-order chi connectivity index (χ1) is 19.2. The van der Waals surface area contributed by atoms with E-state index in [4.69, 9.17) is 18.8 Å². The number of aromatic nitrogens is 2. The van der Waals surface area contributed by atoms with E-state index in [9.17, 15) is 0 Å². The molecule has 3 heterocycles. The van der Waals surface area contributed by atoms with E-state index >= 15 is 0 Å². The first kappa shape index (κ1) is 22.6. The van der Waals surface area contributed by atoms with E-state index in [1.165, 1.54) is 0 Å². The predicted octanol–water partition coefficient (Wildman–Crippen LogP) is 10.00. The van der Waals surface area contributed by atoms with Crippen LogP contribution in [0.3, 0.4) is 0 Å². The SMILES string of the molecule is Brc1ccc(N2c3ccc(-c4nc5ccccc5o4)cc3Sc3ccc(-c4nc5ccccc5o4)cc32)cc1. The minimum Gasteiger partial charge on any atom is -0.436 e. The van der Waals surface area contributed by atoms with Gasteiger partial charge in [0.1, 0.15) is 11.0 Å². The Kier molecular flexibility index (Phi) is 5.15. The number of hydrogen-bond acceptors (Lipinski definition) is 6. The zero-order valence-electron chi connectivity index (χ0n) is 20.3. The number of para-hydroxylation sites is 4. The number of rotatable bonds is 3. The quantitative estimate of drug-likeness (QED) is 0.205. The molecule has 0 amide bonds. The van der Waals surface area contributed by atoms with Crippen molar-refractivity contribution in [1.29, 1.82) is 0 Å². The van der Waals surface area contributed by atoms with Gasteiger partial charge in [-0.2, -0.15) is 0 Å². The smallest absolute Gasteiger partial charge is 0.227 e. The molecule has 186 valence electrons. The normalized spacial score (nSPS) is 12.6. The van der Waals surface area contributed by atoms with Crippen LogP contribution < -0.4 is 4.90 Å². The maximum atomic E-state index is 6.10. The van der Waals surface area contributed by atoms with Crippen LogP contribution in [0, 0.1) is 0 Å². The van der Waals surface area contributed by atoms with Gasteiger partial charge in [0, 0.05) is 31.1 Å². The van der Waals surface area contributed by atoms with E-state index in [1.54, 1.807) is 11.8 Å². The fourth-order valence-corrected chi connectivity index (χ4v) is 6.27. The molecule has 0 saturated heterocycles. The van der Waals surface area contributed by atoms with E-state index < -0.39 is 0 Å². The second-order valence-corrected chi connectivity index (χ2v) is 11.3. The Hall–Kier alpha value is -4.33. The van der Waals surface area contributed by atoms with Gasteiger partial charge in [-0.05, 0) is 84.9 Å². The van der Waals surface area contributed by atoms with Crippen molar-refractivity contribution < 1.29 is 8.83 Å². The van der Waals surface area contributed by atoms with Crippen molar-refractivity contribution in [2.75, 3.05) is 4.90 Å². The van der Waals surface area contributed by atoms with Crippen LogP contribution in [0.25, 0.3) is 45.1 Å². The fourth-order valence-electron chi connectivity index (χ4n) is 4.93.